The molecule has 0 radical (unpaired) electrons. The Morgan fingerprint density at radius 1 is 1.33 bits per heavy atom. The van der Waals surface area contributed by atoms with E-state index in [9.17, 15) is 0 Å². The third-order valence-corrected chi connectivity index (χ3v) is 3.85. The van der Waals surface area contributed by atoms with Crippen molar-refractivity contribution in [2.75, 3.05) is 6.54 Å². The monoisotopic (exact) mass is 279 g/mol. The average Bonchev–Trinajstić information content (AvgIpc) is 2.38. The lowest BCUT2D eigenvalue weighted by Gasteiger charge is -2.13. The van der Waals surface area contributed by atoms with E-state index in [0.29, 0.717) is 6.54 Å². The second-order valence-corrected chi connectivity index (χ2v) is 5.55. The van der Waals surface area contributed by atoms with Crippen molar-refractivity contribution in [3.05, 3.63) is 52.8 Å². The highest BCUT2D eigenvalue weighted by molar-refractivity contribution is 7.99. The van der Waals surface area contributed by atoms with E-state index in [1.54, 1.807) is 24.2 Å². The molecule has 0 aliphatic carbocycles. The molecular formula is C13H14ClN3S. The minimum atomic E-state index is 0.117. The molecule has 0 spiro atoms. The summed E-state index contributed by atoms with van der Waals surface area (Å²) < 4.78 is 0. The fourth-order valence-corrected chi connectivity index (χ4v) is 2.59. The molecule has 1 unspecified atom stereocenters. The molecule has 18 heavy (non-hydrogen) atoms. The van der Waals surface area contributed by atoms with Gasteiger partial charge in [-0.25, -0.2) is 9.97 Å². The van der Waals surface area contributed by atoms with Gasteiger partial charge in [0.2, 0.25) is 0 Å². The first-order valence-corrected chi connectivity index (χ1v) is 6.85. The van der Waals surface area contributed by atoms with Gasteiger partial charge in [-0.3, -0.25) is 0 Å². The molecule has 94 valence electrons. The molecule has 1 aromatic carbocycles. The standard InChI is InChI=1S/C13H14ClN3S/c1-9-7-16-13(17-8-9)18-12(6-15)10-3-2-4-11(14)5-10/h2-5,7-8,12H,6,15H2,1H3. The van der Waals surface area contributed by atoms with Crippen LogP contribution in [0.5, 0.6) is 0 Å². The number of aromatic nitrogens is 2. The van der Waals surface area contributed by atoms with Gasteiger partial charge in [0.25, 0.3) is 0 Å². The first-order chi connectivity index (χ1) is 8.69. The van der Waals surface area contributed by atoms with Gasteiger partial charge >= 0.3 is 0 Å². The van der Waals surface area contributed by atoms with Crippen molar-refractivity contribution in [1.82, 2.24) is 9.97 Å². The third-order valence-electron chi connectivity index (χ3n) is 2.44. The molecule has 0 aliphatic heterocycles. The molecule has 0 fully saturated rings. The van der Waals surface area contributed by atoms with Gasteiger partial charge in [-0.05, 0) is 30.2 Å². The Morgan fingerprint density at radius 3 is 2.67 bits per heavy atom. The van der Waals surface area contributed by atoms with E-state index in [-0.39, 0.29) is 5.25 Å². The van der Waals surface area contributed by atoms with Crippen LogP contribution in [0.25, 0.3) is 0 Å². The number of nitrogens with two attached hydrogens (primary N) is 1. The molecule has 2 N–H and O–H groups in total. The molecule has 1 aromatic heterocycles. The van der Waals surface area contributed by atoms with E-state index < -0.39 is 0 Å². The number of hydrogen-bond donors (Lipinski definition) is 1. The van der Waals surface area contributed by atoms with Gasteiger partial charge in [0.15, 0.2) is 5.16 Å². The summed E-state index contributed by atoms with van der Waals surface area (Å²) in [4.78, 5) is 8.55. The van der Waals surface area contributed by atoms with Crippen molar-refractivity contribution in [2.24, 2.45) is 5.73 Å². The van der Waals surface area contributed by atoms with Crippen molar-refractivity contribution < 1.29 is 0 Å². The SMILES string of the molecule is Cc1cnc(SC(CN)c2cccc(Cl)c2)nc1. The predicted molar refractivity (Wildman–Crippen MR) is 75.9 cm³/mol. The topological polar surface area (TPSA) is 51.8 Å². The van der Waals surface area contributed by atoms with Gasteiger partial charge in [0, 0.05) is 29.2 Å². The number of thioether (sulfide) groups is 1. The van der Waals surface area contributed by atoms with Crippen LogP contribution < -0.4 is 5.73 Å². The summed E-state index contributed by atoms with van der Waals surface area (Å²) in [5, 5.41) is 1.57. The average molecular weight is 280 g/mol. The molecule has 1 atom stereocenters. The number of benzene rings is 1. The lowest BCUT2D eigenvalue weighted by Crippen LogP contribution is -2.09. The highest BCUT2D eigenvalue weighted by atomic mass is 35.5. The van der Waals surface area contributed by atoms with E-state index in [2.05, 4.69) is 9.97 Å². The molecule has 2 aromatic rings. The van der Waals surface area contributed by atoms with Gasteiger partial charge in [-0.1, -0.05) is 35.5 Å². The summed E-state index contributed by atoms with van der Waals surface area (Å²) in [6, 6.07) is 7.73. The fraction of sp³-hybridized carbons (Fsp3) is 0.231. The number of halogens is 1. The summed E-state index contributed by atoms with van der Waals surface area (Å²) in [7, 11) is 0. The van der Waals surface area contributed by atoms with E-state index in [1.165, 1.54) is 0 Å². The maximum atomic E-state index is 5.99. The van der Waals surface area contributed by atoms with Gasteiger partial charge in [0.05, 0.1) is 0 Å². The largest absolute Gasteiger partial charge is 0.329 e. The van der Waals surface area contributed by atoms with Crippen LogP contribution in [0.3, 0.4) is 0 Å². The molecule has 0 saturated heterocycles. The number of nitrogens with zero attached hydrogens (tertiary/aromatic N) is 2. The van der Waals surface area contributed by atoms with Crippen molar-refractivity contribution in [3.63, 3.8) is 0 Å². The normalized spacial score (nSPS) is 12.4. The van der Waals surface area contributed by atoms with Crippen LogP contribution >= 0.6 is 23.4 Å². The highest BCUT2D eigenvalue weighted by Gasteiger charge is 2.13. The van der Waals surface area contributed by atoms with Crippen molar-refractivity contribution >= 4 is 23.4 Å². The van der Waals surface area contributed by atoms with Crippen molar-refractivity contribution in [3.8, 4) is 0 Å². The van der Waals surface area contributed by atoms with Crippen LogP contribution in [-0.2, 0) is 0 Å². The molecule has 3 nitrogen and oxygen atoms in total. The maximum absolute atomic E-state index is 5.99. The lowest BCUT2D eigenvalue weighted by molar-refractivity contribution is 0.903. The minimum absolute atomic E-state index is 0.117. The first kappa shape index (κ1) is 13.3. The Bertz CT molecular complexity index is 516. The molecular weight excluding hydrogens is 266 g/mol. The number of aryl methyl sites for hydroxylation is 1. The summed E-state index contributed by atoms with van der Waals surface area (Å²) in [6.07, 6.45) is 3.61. The van der Waals surface area contributed by atoms with E-state index >= 15 is 0 Å². The Hall–Kier alpha value is -1.10. The Kier molecular flexibility index (Phi) is 4.58. The zero-order chi connectivity index (χ0) is 13.0. The van der Waals surface area contributed by atoms with Gasteiger partial charge in [-0.15, -0.1) is 0 Å². The van der Waals surface area contributed by atoms with Gasteiger partial charge in [-0.2, -0.15) is 0 Å². The third kappa shape index (κ3) is 3.45. The number of hydrogen-bond acceptors (Lipinski definition) is 4. The zero-order valence-electron chi connectivity index (χ0n) is 10.0. The van der Waals surface area contributed by atoms with Gasteiger partial charge < -0.3 is 5.73 Å². The van der Waals surface area contributed by atoms with Crippen LogP contribution in [0.1, 0.15) is 16.4 Å². The van der Waals surface area contributed by atoms with Crippen LogP contribution in [0.15, 0.2) is 41.8 Å². The van der Waals surface area contributed by atoms with Crippen LogP contribution in [0.2, 0.25) is 5.02 Å². The van der Waals surface area contributed by atoms with E-state index in [4.69, 9.17) is 17.3 Å². The summed E-state index contributed by atoms with van der Waals surface area (Å²) in [5.41, 5.74) is 7.96. The summed E-state index contributed by atoms with van der Waals surface area (Å²) in [5.74, 6) is 0. The minimum Gasteiger partial charge on any atom is -0.329 e. The van der Waals surface area contributed by atoms with Gasteiger partial charge in [0.1, 0.15) is 0 Å². The molecule has 0 amide bonds. The zero-order valence-corrected chi connectivity index (χ0v) is 11.6. The Labute approximate surface area is 116 Å². The predicted octanol–water partition coefficient (Wildman–Crippen LogP) is 3.23. The molecule has 2 rings (SSSR count). The quantitative estimate of drug-likeness (QED) is 0.690. The Morgan fingerprint density at radius 2 is 2.06 bits per heavy atom. The summed E-state index contributed by atoms with van der Waals surface area (Å²) >= 11 is 7.54. The van der Waals surface area contributed by atoms with Crippen molar-refractivity contribution in [2.45, 2.75) is 17.3 Å². The first-order valence-electron chi connectivity index (χ1n) is 5.60. The maximum Gasteiger partial charge on any atom is 0.188 e. The Balaban J connectivity index is 2.17. The van der Waals surface area contributed by atoms with Crippen LogP contribution in [0.4, 0.5) is 0 Å². The second-order valence-electron chi connectivity index (χ2n) is 3.94. The second kappa shape index (κ2) is 6.18. The summed E-state index contributed by atoms with van der Waals surface area (Å²) in [6.45, 7) is 2.48. The number of rotatable bonds is 4. The molecule has 0 saturated carbocycles. The van der Waals surface area contributed by atoms with Crippen LogP contribution in [-0.4, -0.2) is 16.5 Å². The smallest absolute Gasteiger partial charge is 0.188 e. The molecule has 0 bridgehead atoms. The van der Waals surface area contributed by atoms with E-state index in [1.807, 2.05) is 31.2 Å². The van der Waals surface area contributed by atoms with E-state index in [0.717, 1.165) is 21.3 Å². The lowest BCUT2D eigenvalue weighted by atomic mass is 10.1. The van der Waals surface area contributed by atoms with Crippen LogP contribution in [0, 0.1) is 6.92 Å². The molecule has 0 aliphatic rings. The molecule has 5 heteroatoms. The fourth-order valence-electron chi connectivity index (χ4n) is 1.53. The molecule has 1 heterocycles. The van der Waals surface area contributed by atoms with Crippen molar-refractivity contribution in [1.29, 1.82) is 0 Å². The highest BCUT2D eigenvalue weighted by Crippen LogP contribution is 2.33.